The van der Waals surface area contributed by atoms with Crippen molar-refractivity contribution in [2.24, 2.45) is 13.0 Å². The van der Waals surface area contributed by atoms with Gasteiger partial charge in [0.2, 0.25) is 4.90 Å². The third-order valence-electron chi connectivity index (χ3n) is 4.94. The van der Waals surface area contributed by atoms with Gasteiger partial charge in [0.15, 0.2) is 5.69 Å². The minimum absolute atomic E-state index is 0.250. The number of rotatable bonds is 5. The van der Waals surface area contributed by atoms with Gasteiger partial charge in [-0.3, -0.25) is 4.68 Å². The van der Waals surface area contributed by atoms with Crippen LogP contribution in [0.1, 0.15) is 31.9 Å². The smallest absolute Gasteiger partial charge is 0.321 e. The molecule has 3 rings (SSSR count). The van der Waals surface area contributed by atoms with E-state index >= 15 is 4.39 Å². The number of nitrogens with one attached hydrogen (secondary N) is 1. The first-order chi connectivity index (χ1) is 13.7. The summed E-state index contributed by atoms with van der Waals surface area (Å²) in [5.41, 5.74) is -0.183. The third-order valence-corrected chi connectivity index (χ3v) is 6.71. The Balaban J connectivity index is 1.64. The summed E-state index contributed by atoms with van der Waals surface area (Å²) in [5, 5.41) is 11.3. The summed E-state index contributed by atoms with van der Waals surface area (Å²) in [7, 11) is 1.41. The zero-order valence-corrected chi connectivity index (χ0v) is 16.7. The molecule has 0 bridgehead atoms. The van der Waals surface area contributed by atoms with Crippen LogP contribution in [0, 0.1) is 5.92 Å². The Labute approximate surface area is 168 Å². The largest absolute Gasteiger partial charge is 0.609 e. The molecule has 158 valence electrons. The van der Waals surface area contributed by atoms with E-state index < -0.39 is 34.2 Å². The van der Waals surface area contributed by atoms with Crippen LogP contribution in [0.25, 0.3) is 0 Å². The van der Waals surface area contributed by atoms with Gasteiger partial charge < -0.3 is 14.8 Å². The minimum Gasteiger partial charge on any atom is -0.609 e. The van der Waals surface area contributed by atoms with Crippen molar-refractivity contribution in [3.05, 3.63) is 30.4 Å². The molecule has 3 heterocycles. The molecule has 2 aromatic heterocycles. The van der Waals surface area contributed by atoms with Crippen molar-refractivity contribution in [1.29, 1.82) is 0 Å². The SMILES string of the molecule is Cn1cc([S+]([O-])C(C)(F)C2CCN(C(=O)Nc3ccnnc3)CC2)c(C(F)F)n1. The summed E-state index contributed by atoms with van der Waals surface area (Å²) in [4.78, 5) is 13.5. The highest BCUT2D eigenvalue weighted by atomic mass is 32.2. The maximum Gasteiger partial charge on any atom is 0.321 e. The van der Waals surface area contributed by atoms with Gasteiger partial charge in [-0.05, 0) is 18.9 Å². The number of likely N-dealkylation sites (tertiary alicyclic amines) is 1. The summed E-state index contributed by atoms with van der Waals surface area (Å²) in [5.74, 6) is -0.652. The molecular weight excluding hydrogens is 409 g/mol. The Morgan fingerprint density at radius 2 is 2.07 bits per heavy atom. The van der Waals surface area contributed by atoms with Crippen LogP contribution in [0.15, 0.2) is 29.6 Å². The van der Waals surface area contributed by atoms with E-state index in [0.29, 0.717) is 5.69 Å². The number of anilines is 1. The number of urea groups is 1. The first-order valence-corrected chi connectivity index (χ1v) is 10.1. The fraction of sp³-hybridized carbons (Fsp3) is 0.529. The average Bonchev–Trinajstić information content (AvgIpc) is 3.10. The lowest BCUT2D eigenvalue weighted by atomic mass is 9.92. The second kappa shape index (κ2) is 8.57. The Kier molecular flexibility index (Phi) is 6.32. The molecule has 0 aromatic carbocycles. The fourth-order valence-corrected chi connectivity index (χ4v) is 4.85. The lowest BCUT2D eigenvalue weighted by Crippen LogP contribution is -2.48. The molecule has 1 saturated heterocycles. The molecule has 12 heteroatoms. The van der Waals surface area contributed by atoms with Crippen molar-refractivity contribution in [3.63, 3.8) is 0 Å². The second-order valence-electron chi connectivity index (χ2n) is 6.93. The number of carbonyl (C=O) groups is 1. The average molecular weight is 430 g/mol. The highest BCUT2D eigenvalue weighted by Crippen LogP contribution is 2.41. The quantitative estimate of drug-likeness (QED) is 0.736. The van der Waals surface area contributed by atoms with Crippen molar-refractivity contribution in [1.82, 2.24) is 24.9 Å². The fourth-order valence-electron chi connectivity index (χ4n) is 3.31. The molecule has 0 saturated carbocycles. The van der Waals surface area contributed by atoms with Gasteiger partial charge in [-0.15, -0.1) is 0 Å². The van der Waals surface area contributed by atoms with Crippen LogP contribution in [0.2, 0.25) is 0 Å². The number of amides is 2. The predicted molar refractivity (Wildman–Crippen MR) is 99.4 cm³/mol. The van der Waals surface area contributed by atoms with Crippen LogP contribution in [0.3, 0.4) is 0 Å². The van der Waals surface area contributed by atoms with E-state index in [1.54, 1.807) is 6.07 Å². The number of piperidine rings is 1. The van der Waals surface area contributed by atoms with Crippen molar-refractivity contribution >= 4 is 22.9 Å². The van der Waals surface area contributed by atoms with Gasteiger partial charge in [0, 0.05) is 44.2 Å². The number of aromatic nitrogens is 4. The van der Waals surface area contributed by atoms with E-state index in [1.165, 1.54) is 30.5 Å². The molecule has 8 nitrogen and oxygen atoms in total. The van der Waals surface area contributed by atoms with Crippen LogP contribution < -0.4 is 5.32 Å². The monoisotopic (exact) mass is 430 g/mol. The van der Waals surface area contributed by atoms with Gasteiger partial charge in [0.05, 0.1) is 24.3 Å². The molecule has 0 spiro atoms. The van der Waals surface area contributed by atoms with E-state index in [4.69, 9.17) is 0 Å². The number of aryl methyl sites for hydroxylation is 1. The Morgan fingerprint density at radius 3 is 2.66 bits per heavy atom. The van der Waals surface area contributed by atoms with E-state index in [0.717, 1.165) is 11.6 Å². The standard InChI is InChI=1S/C17H21F3N6O2S/c1-17(20,29(28)13-10-25(2)24-14(13)15(18)19)11-4-7-26(8-5-11)16(27)23-12-3-6-21-22-9-12/h3,6,9-11,15H,4-5,7-8H2,1-2H3,(H,21,23,27). The number of nitrogens with zero attached hydrogens (tertiary/aromatic N) is 5. The van der Waals surface area contributed by atoms with E-state index in [9.17, 15) is 18.1 Å². The van der Waals surface area contributed by atoms with Gasteiger partial charge in [-0.2, -0.15) is 19.7 Å². The summed E-state index contributed by atoms with van der Waals surface area (Å²) in [6.45, 7) is 1.66. The van der Waals surface area contributed by atoms with Crippen molar-refractivity contribution in [2.75, 3.05) is 18.4 Å². The Hall–Kier alpha value is -2.34. The zero-order chi connectivity index (χ0) is 21.2. The lowest BCUT2D eigenvalue weighted by molar-refractivity contribution is 0.116. The molecule has 0 aliphatic carbocycles. The van der Waals surface area contributed by atoms with Crippen molar-refractivity contribution in [3.8, 4) is 0 Å². The normalized spacial score (nSPS) is 18.5. The van der Waals surface area contributed by atoms with Gasteiger partial charge in [0.1, 0.15) is 0 Å². The minimum atomic E-state index is -2.95. The van der Waals surface area contributed by atoms with E-state index in [2.05, 4.69) is 20.6 Å². The topological polar surface area (TPSA) is 99.0 Å². The summed E-state index contributed by atoms with van der Waals surface area (Å²) in [6, 6.07) is 1.24. The Morgan fingerprint density at radius 1 is 1.38 bits per heavy atom. The number of alkyl halides is 3. The molecule has 1 fully saturated rings. The molecule has 0 radical (unpaired) electrons. The maximum absolute atomic E-state index is 15.5. The molecule has 1 aliphatic rings. The van der Waals surface area contributed by atoms with E-state index in [1.807, 2.05) is 0 Å². The highest BCUT2D eigenvalue weighted by molar-refractivity contribution is 7.92. The van der Waals surface area contributed by atoms with Crippen molar-refractivity contribution < 1.29 is 22.5 Å². The lowest BCUT2D eigenvalue weighted by Gasteiger charge is -2.37. The molecule has 2 atom stereocenters. The second-order valence-corrected chi connectivity index (χ2v) is 8.71. The number of halogens is 3. The first-order valence-electron chi connectivity index (χ1n) is 8.95. The van der Waals surface area contributed by atoms with Gasteiger partial charge in [-0.1, -0.05) is 0 Å². The molecule has 29 heavy (non-hydrogen) atoms. The first kappa shape index (κ1) is 21.4. The molecule has 2 aromatic rings. The molecular formula is C17H21F3N6O2S. The van der Waals surface area contributed by atoms with Crippen LogP contribution in [-0.2, 0) is 18.2 Å². The maximum atomic E-state index is 15.5. The summed E-state index contributed by atoms with van der Waals surface area (Å²) in [6.07, 6.45) is 1.58. The van der Waals surface area contributed by atoms with E-state index in [-0.39, 0.29) is 36.9 Å². The molecule has 2 unspecified atom stereocenters. The summed E-state index contributed by atoms with van der Waals surface area (Å²) >= 11 is -2.32. The van der Waals surface area contributed by atoms with Crippen LogP contribution in [0.4, 0.5) is 23.7 Å². The predicted octanol–water partition coefficient (Wildman–Crippen LogP) is 2.89. The van der Waals surface area contributed by atoms with Gasteiger partial charge in [0.25, 0.3) is 11.4 Å². The molecule has 2 amide bonds. The number of hydrogen-bond acceptors (Lipinski definition) is 5. The van der Waals surface area contributed by atoms with Crippen molar-refractivity contribution in [2.45, 2.75) is 36.1 Å². The number of hydrogen-bond donors (Lipinski definition) is 1. The zero-order valence-electron chi connectivity index (χ0n) is 15.9. The highest BCUT2D eigenvalue weighted by Gasteiger charge is 2.50. The van der Waals surface area contributed by atoms with Crippen LogP contribution >= 0.6 is 0 Å². The molecule has 1 aliphatic heterocycles. The van der Waals surface area contributed by atoms with Gasteiger partial charge in [-0.25, -0.2) is 13.6 Å². The van der Waals surface area contributed by atoms with Gasteiger partial charge >= 0.3 is 6.03 Å². The van der Waals surface area contributed by atoms with Crippen LogP contribution in [0.5, 0.6) is 0 Å². The Bertz CT molecular complexity index is 843. The summed E-state index contributed by atoms with van der Waals surface area (Å²) < 4.78 is 55.7. The number of carbonyl (C=O) groups excluding carboxylic acids is 1. The van der Waals surface area contributed by atoms with Crippen LogP contribution in [-0.4, -0.2) is 53.6 Å². The molecule has 1 N–H and O–H groups in total. The third kappa shape index (κ3) is 4.64.